The summed E-state index contributed by atoms with van der Waals surface area (Å²) >= 11 is 12.0. The summed E-state index contributed by atoms with van der Waals surface area (Å²) in [6.45, 7) is 1.94. The maximum Gasteiger partial charge on any atom is 0.343 e. The molecule has 3 aromatic carbocycles. The van der Waals surface area contributed by atoms with Gasteiger partial charge in [-0.15, -0.1) is 0 Å². The van der Waals surface area contributed by atoms with Gasteiger partial charge in [0.15, 0.2) is 0 Å². The largest absolute Gasteiger partial charge is 0.423 e. The fourth-order valence-electron chi connectivity index (χ4n) is 2.32. The summed E-state index contributed by atoms with van der Waals surface area (Å²) in [6.07, 6.45) is 0. The Morgan fingerprint density at radius 1 is 0.852 bits per heavy atom. The molecular formula is C21H15Cl2NO3. The minimum atomic E-state index is -0.460. The highest BCUT2D eigenvalue weighted by atomic mass is 35.5. The van der Waals surface area contributed by atoms with E-state index in [0.717, 1.165) is 5.56 Å². The third kappa shape index (κ3) is 4.88. The molecule has 6 heteroatoms. The van der Waals surface area contributed by atoms with Gasteiger partial charge in [0.25, 0.3) is 5.91 Å². The molecule has 0 aliphatic carbocycles. The van der Waals surface area contributed by atoms with Gasteiger partial charge in [0.1, 0.15) is 5.75 Å². The van der Waals surface area contributed by atoms with Crippen LogP contribution in [0.1, 0.15) is 26.3 Å². The van der Waals surface area contributed by atoms with E-state index in [9.17, 15) is 9.59 Å². The van der Waals surface area contributed by atoms with Crippen molar-refractivity contribution >= 4 is 40.8 Å². The normalized spacial score (nSPS) is 10.3. The highest BCUT2D eigenvalue weighted by Gasteiger charge is 2.11. The maximum atomic E-state index is 12.3. The predicted octanol–water partition coefficient (Wildman–Crippen LogP) is 5.77. The first kappa shape index (κ1) is 19.0. The number of halogens is 2. The molecule has 0 radical (unpaired) electrons. The van der Waals surface area contributed by atoms with Crippen molar-refractivity contribution in [2.24, 2.45) is 0 Å². The molecule has 0 heterocycles. The van der Waals surface area contributed by atoms with E-state index in [1.54, 1.807) is 54.6 Å². The molecule has 4 nitrogen and oxygen atoms in total. The molecular weight excluding hydrogens is 385 g/mol. The number of carbonyl (C=O) groups excluding carboxylic acids is 2. The van der Waals surface area contributed by atoms with Crippen LogP contribution in [0.5, 0.6) is 5.75 Å². The van der Waals surface area contributed by atoms with Crippen molar-refractivity contribution in [2.45, 2.75) is 6.92 Å². The second kappa shape index (κ2) is 8.25. The van der Waals surface area contributed by atoms with Gasteiger partial charge in [-0.2, -0.15) is 0 Å². The molecule has 0 saturated heterocycles. The number of carbonyl (C=O) groups is 2. The van der Waals surface area contributed by atoms with Gasteiger partial charge in [-0.25, -0.2) is 4.79 Å². The molecule has 0 spiro atoms. The van der Waals surface area contributed by atoms with Crippen LogP contribution in [0.15, 0.2) is 66.7 Å². The SMILES string of the molecule is Cc1ccc(C(=O)Oc2ccc(C(=O)Nc3cc(Cl)ccc3Cl)cc2)cc1. The van der Waals surface area contributed by atoms with Gasteiger partial charge >= 0.3 is 5.97 Å². The van der Waals surface area contributed by atoms with Crippen molar-refractivity contribution in [3.05, 3.63) is 93.5 Å². The van der Waals surface area contributed by atoms with Crippen molar-refractivity contribution in [3.63, 3.8) is 0 Å². The van der Waals surface area contributed by atoms with E-state index in [0.29, 0.717) is 32.6 Å². The van der Waals surface area contributed by atoms with Crippen LogP contribution in [0.3, 0.4) is 0 Å². The van der Waals surface area contributed by atoms with Crippen molar-refractivity contribution < 1.29 is 14.3 Å². The first-order chi connectivity index (χ1) is 12.9. The van der Waals surface area contributed by atoms with Crippen LogP contribution >= 0.6 is 23.2 Å². The number of esters is 1. The second-order valence-electron chi connectivity index (χ2n) is 5.86. The van der Waals surface area contributed by atoms with Gasteiger partial charge < -0.3 is 10.1 Å². The molecule has 0 aliphatic rings. The van der Waals surface area contributed by atoms with Gasteiger partial charge in [-0.1, -0.05) is 40.9 Å². The molecule has 3 aromatic rings. The first-order valence-corrected chi connectivity index (χ1v) is 8.83. The van der Waals surface area contributed by atoms with E-state index in [1.807, 2.05) is 19.1 Å². The molecule has 1 amide bonds. The van der Waals surface area contributed by atoms with Crippen LogP contribution in [0.4, 0.5) is 5.69 Å². The van der Waals surface area contributed by atoms with Crippen LogP contribution in [-0.4, -0.2) is 11.9 Å². The quantitative estimate of drug-likeness (QED) is 0.447. The van der Waals surface area contributed by atoms with Crippen molar-refractivity contribution in [1.29, 1.82) is 0 Å². The topological polar surface area (TPSA) is 55.4 Å². The van der Waals surface area contributed by atoms with Crippen molar-refractivity contribution in [3.8, 4) is 5.75 Å². The average molecular weight is 400 g/mol. The Bertz CT molecular complexity index is 983. The molecule has 0 fully saturated rings. The Hall–Kier alpha value is -2.82. The number of benzene rings is 3. The highest BCUT2D eigenvalue weighted by Crippen LogP contribution is 2.26. The average Bonchev–Trinajstić information content (AvgIpc) is 2.65. The molecule has 0 saturated carbocycles. The lowest BCUT2D eigenvalue weighted by atomic mass is 10.1. The number of hydrogen-bond donors (Lipinski definition) is 1. The Morgan fingerprint density at radius 2 is 1.48 bits per heavy atom. The lowest BCUT2D eigenvalue weighted by Crippen LogP contribution is -2.12. The summed E-state index contributed by atoms with van der Waals surface area (Å²) in [5.41, 5.74) is 2.32. The molecule has 0 bridgehead atoms. The zero-order valence-electron chi connectivity index (χ0n) is 14.3. The zero-order chi connectivity index (χ0) is 19.4. The van der Waals surface area contributed by atoms with Gasteiger partial charge in [0.2, 0.25) is 0 Å². The van der Waals surface area contributed by atoms with Crippen molar-refractivity contribution in [1.82, 2.24) is 0 Å². The van der Waals surface area contributed by atoms with Crippen molar-refractivity contribution in [2.75, 3.05) is 5.32 Å². The summed E-state index contributed by atoms with van der Waals surface area (Å²) < 4.78 is 5.32. The third-order valence-electron chi connectivity index (χ3n) is 3.79. The molecule has 1 N–H and O–H groups in total. The van der Waals surface area contributed by atoms with Gasteiger partial charge in [-0.05, 0) is 61.5 Å². The summed E-state index contributed by atoms with van der Waals surface area (Å²) in [5, 5.41) is 3.55. The number of hydrogen-bond acceptors (Lipinski definition) is 3. The fraction of sp³-hybridized carbons (Fsp3) is 0.0476. The third-order valence-corrected chi connectivity index (χ3v) is 4.36. The second-order valence-corrected chi connectivity index (χ2v) is 6.70. The van der Waals surface area contributed by atoms with E-state index in [1.165, 1.54) is 0 Å². The molecule has 0 atom stereocenters. The number of aryl methyl sites for hydroxylation is 1. The Kier molecular flexibility index (Phi) is 5.79. The predicted molar refractivity (Wildman–Crippen MR) is 107 cm³/mol. The van der Waals surface area contributed by atoms with Crippen LogP contribution in [-0.2, 0) is 0 Å². The summed E-state index contributed by atoms with van der Waals surface area (Å²) in [7, 11) is 0. The lowest BCUT2D eigenvalue weighted by Gasteiger charge is -2.09. The van der Waals surface area contributed by atoms with Crippen LogP contribution < -0.4 is 10.1 Å². The molecule has 27 heavy (non-hydrogen) atoms. The Balaban J connectivity index is 1.67. The van der Waals surface area contributed by atoms with E-state index < -0.39 is 5.97 Å². The molecule has 3 rings (SSSR count). The number of amides is 1. The minimum Gasteiger partial charge on any atom is -0.423 e. The smallest absolute Gasteiger partial charge is 0.343 e. The fourth-order valence-corrected chi connectivity index (χ4v) is 2.65. The summed E-state index contributed by atoms with van der Waals surface area (Å²) in [4.78, 5) is 24.5. The zero-order valence-corrected chi connectivity index (χ0v) is 15.8. The van der Waals surface area contributed by atoms with Gasteiger partial charge in [-0.3, -0.25) is 4.79 Å². The highest BCUT2D eigenvalue weighted by molar-refractivity contribution is 6.35. The van der Waals surface area contributed by atoms with Gasteiger partial charge in [0, 0.05) is 10.6 Å². The molecule has 0 unspecified atom stereocenters. The number of rotatable bonds is 4. The van der Waals surface area contributed by atoms with E-state index >= 15 is 0 Å². The van der Waals surface area contributed by atoms with Crippen LogP contribution in [0.2, 0.25) is 10.0 Å². The van der Waals surface area contributed by atoms with E-state index in [2.05, 4.69) is 5.32 Å². The lowest BCUT2D eigenvalue weighted by molar-refractivity contribution is 0.0734. The number of anilines is 1. The Labute approximate surface area is 166 Å². The van der Waals surface area contributed by atoms with Crippen LogP contribution in [0, 0.1) is 6.92 Å². The van der Waals surface area contributed by atoms with Crippen LogP contribution in [0.25, 0.3) is 0 Å². The summed E-state index contributed by atoms with van der Waals surface area (Å²) in [6, 6.07) is 18.1. The number of nitrogens with one attached hydrogen (secondary N) is 1. The number of ether oxygens (including phenoxy) is 1. The summed E-state index contributed by atoms with van der Waals surface area (Å²) in [5.74, 6) is -0.466. The molecule has 136 valence electrons. The van der Waals surface area contributed by atoms with E-state index in [4.69, 9.17) is 27.9 Å². The monoisotopic (exact) mass is 399 g/mol. The molecule has 0 aromatic heterocycles. The standard InChI is InChI=1S/C21H15Cl2NO3/c1-13-2-4-15(5-3-13)21(26)27-17-9-6-14(7-10-17)20(25)24-19-12-16(22)8-11-18(19)23/h2-12H,1H3,(H,24,25). The Morgan fingerprint density at radius 3 is 2.15 bits per heavy atom. The first-order valence-electron chi connectivity index (χ1n) is 8.08. The maximum absolute atomic E-state index is 12.3. The molecule has 0 aliphatic heterocycles. The van der Waals surface area contributed by atoms with E-state index in [-0.39, 0.29) is 5.91 Å². The minimum absolute atomic E-state index is 0.345. The van der Waals surface area contributed by atoms with Gasteiger partial charge in [0.05, 0.1) is 16.3 Å².